The number of aliphatic hydroxyl groups excluding tert-OH is 8. The molecule has 0 saturated carbocycles. The third-order valence-corrected chi connectivity index (χ3v) is 4.25. The molecule has 0 aromatic carbocycles. The number of esters is 1. The molecule has 0 amide bonds. The Kier molecular flexibility index (Phi) is 4.56. The third-order valence-electron chi connectivity index (χ3n) is 4.25. The molecule has 0 spiro atoms. The summed E-state index contributed by atoms with van der Waals surface area (Å²) >= 11 is 0. The van der Waals surface area contributed by atoms with Gasteiger partial charge in [-0.3, -0.25) is 0 Å². The van der Waals surface area contributed by atoms with Crippen molar-refractivity contribution in [1.29, 1.82) is 0 Å². The van der Waals surface area contributed by atoms with Crippen LogP contribution in [0.5, 0.6) is 0 Å². The molecular formula is C12H18O11. The van der Waals surface area contributed by atoms with Gasteiger partial charge in [-0.25, -0.2) is 4.79 Å². The number of rotatable bonds is 5. The second-order valence-corrected chi connectivity index (χ2v) is 5.34. The minimum absolute atomic E-state index is 0.810. The molecule has 0 unspecified atom stereocenters. The summed E-state index contributed by atoms with van der Waals surface area (Å²) in [5.41, 5.74) is -5.34. The van der Waals surface area contributed by atoms with Crippen LogP contribution < -0.4 is 0 Å². The average Bonchev–Trinajstić information content (AvgIpc) is 2.95. The van der Waals surface area contributed by atoms with Crippen molar-refractivity contribution in [1.82, 2.24) is 0 Å². The van der Waals surface area contributed by atoms with E-state index in [-0.39, 0.29) is 0 Å². The van der Waals surface area contributed by atoms with E-state index in [2.05, 4.69) is 0 Å². The number of hydrogen-bond acceptors (Lipinski definition) is 11. The van der Waals surface area contributed by atoms with Gasteiger partial charge in [-0.05, 0) is 0 Å². The maximum atomic E-state index is 11.6. The molecule has 1 saturated heterocycles. The molecule has 0 bridgehead atoms. The lowest BCUT2D eigenvalue weighted by Gasteiger charge is -2.46. The largest absolute Gasteiger partial charge is 0.505 e. The maximum absolute atomic E-state index is 11.6. The third kappa shape index (κ3) is 2.06. The molecule has 2 heterocycles. The van der Waals surface area contributed by atoms with E-state index in [1.807, 2.05) is 0 Å². The monoisotopic (exact) mass is 338 g/mol. The molecule has 2 aliphatic rings. The molecule has 1 fully saturated rings. The topological polar surface area (TPSA) is 197 Å². The van der Waals surface area contributed by atoms with Crippen molar-refractivity contribution < 1.29 is 55.1 Å². The van der Waals surface area contributed by atoms with E-state index in [1.165, 1.54) is 0 Å². The van der Waals surface area contributed by atoms with Crippen molar-refractivity contribution >= 4 is 5.97 Å². The summed E-state index contributed by atoms with van der Waals surface area (Å²) < 4.78 is 9.95. The SMILES string of the molecule is O=C1O[C@@]([C@@H](O)CO)([C@]2(CO)O[C@H](CO)[C@@H](O)[C@@H]2O)C(O)=C1O. The summed E-state index contributed by atoms with van der Waals surface area (Å²) in [7, 11) is 0. The highest BCUT2D eigenvalue weighted by atomic mass is 16.6. The predicted molar refractivity (Wildman–Crippen MR) is 68.0 cm³/mol. The van der Waals surface area contributed by atoms with Crippen LogP contribution in [0.3, 0.4) is 0 Å². The normalized spacial score (nSPS) is 42.2. The second kappa shape index (κ2) is 5.87. The van der Waals surface area contributed by atoms with Gasteiger partial charge in [0.15, 0.2) is 11.4 Å². The Hall–Kier alpha value is -1.47. The van der Waals surface area contributed by atoms with Crippen molar-refractivity contribution in [3.05, 3.63) is 11.5 Å². The Morgan fingerprint density at radius 2 is 1.78 bits per heavy atom. The Morgan fingerprint density at radius 3 is 2.13 bits per heavy atom. The van der Waals surface area contributed by atoms with Crippen LogP contribution in [0.2, 0.25) is 0 Å². The summed E-state index contributed by atoms with van der Waals surface area (Å²) in [6.45, 7) is -3.14. The second-order valence-electron chi connectivity index (χ2n) is 5.34. The van der Waals surface area contributed by atoms with Crippen molar-refractivity contribution in [3.63, 3.8) is 0 Å². The van der Waals surface area contributed by atoms with Gasteiger partial charge in [0.1, 0.15) is 24.4 Å². The van der Waals surface area contributed by atoms with Crippen LogP contribution in [0, 0.1) is 0 Å². The Labute approximate surface area is 129 Å². The van der Waals surface area contributed by atoms with E-state index in [1.54, 1.807) is 0 Å². The number of cyclic esters (lactones) is 1. The van der Waals surface area contributed by atoms with Crippen LogP contribution in [0.15, 0.2) is 11.5 Å². The van der Waals surface area contributed by atoms with Gasteiger partial charge >= 0.3 is 5.97 Å². The molecule has 6 atom stereocenters. The molecule has 0 aromatic rings. The lowest BCUT2D eigenvalue weighted by Crippen LogP contribution is -2.70. The average molecular weight is 338 g/mol. The summed E-state index contributed by atoms with van der Waals surface area (Å²) in [6.07, 6.45) is -7.41. The van der Waals surface area contributed by atoms with Crippen LogP contribution in [0.4, 0.5) is 0 Å². The number of carbonyl (C=O) groups is 1. The van der Waals surface area contributed by atoms with E-state index >= 15 is 0 Å². The summed E-state index contributed by atoms with van der Waals surface area (Å²) in [4.78, 5) is 11.6. The van der Waals surface area contributed by atoms with Crippen LogP contribution in [0.1, 0.15) is 0 Å². The first-order valence-corrected chi connectivity index (χ1v) is 6.64. The quantitative estimate of drug-likeness (QED) is 0.226. The molecule has 0 aliphatic carbocycles. The van der Waals surface area contributed by atoms with Gasteiger partial charge < -0.3 is 50.3 Å². The number of ether oxygens (including phenoxy) is 2. The molecule has 23 heavy (non-hydrogen) atoms. The summed E-state index contributed by atoms with van der Waals surface area (Å²) in [6, 6.07) is 0. The molecule has 132 valence electrons. The highest BCUT2D eigenvalue weighted by molar-refractivity contribution is 5.90. The smallest absolute Gasteiger partial charge is 0.378 e. The number of aliphatic hydroxyl groups is 8. The Balaban J connectivity index is 2.67. The van der Waals surface area contributed by atoms with Crippen molar-refractivity contribution in [3.8, 4) is 0 Å². The number of hydrogen-bond donors (Lipinski definition) is 8. The van der Waals surface area contributed by atoms with Crippen LogP contribution in [0.25, 0.3) is 0 Å². The zero-order chi connectivity index (χ0) is 17.6. The van der Waals surface area contributed by atoms with Crippen LogP contribution in [-0.4, -0.2) is 102 Å². The van der Waals surface area contributed by atoms with Gasteiger partial charge in [0.05, 0.1) is 19.8 Å². The van der Waals surface area contributed by atoms with E-state index in [4.69, 9.17) is 14.6 Å². The maximum Gasteiger partial charge on any atom is 0.378 e. The van der Waals surface area contributed by atoms with Gasteiger partial charge in [-0.15, -0.1) is 0 Å². The summed E-state index contributed by atoms with van der Waals surface area (Å²) in [5, 5.41) is 77.8. The van der Waals surface area contributed by atoms with Crippen molar-refractivity contribution in [2.75, 3.05) is 19.8 Å². The minimum atomic E-state index is -2.79. The fourth-order valence-corrected chi connectivity index (χ4v) is 3.03. The van der Waals surface area contributed by atoms with Gasteiger partial charge in [0.25, 0.3) is 0 Å². The Morgan fingerprint density at radius 1 is 1.17 bits per heavy atom. The highest BCUT2D eigenvalue weighted by Crippen LogP contribution is 2.49. The Bertz CT molecular complexity index is 519. The molecule has 0 aromatic heterocycles. The van der Waals surface area contributed by atoms with Gasteiger partial charge in [-0.1, -0.05) is 0 Å². The van der Waals surface area contributed by atoms with E-state index in [9.17, 15) is 40.5 Å². The zero-order valence-electron chi connectivity index (χ0n) is 11.7. The molecule has 11 nitrogen and oxygen atoms in total. The summed E-state index contributed by atoms with van der Waals surface area (Å²) in [5.74, 6) is -4.11. The molecule has 8 N–H and O–H groups in total. The van der Waals surface area contributed by atoms with Gasteiger partial charge in [-0.2, -0.15) is 0 Å². The van der Waals surface area contributed by atoms with Crippen LogP contribution in [-0.2, 0) is 14.3 Å². The lowest BCUT2D eigenvalue weighted by molar-refractivity contribution is -0.256. The number of carbonyl (C=O) groups excluding carboxylic acids is 1. The van der Waals surface area contributed by atoms with Gasteiger partial charge in [0, 0.05) is 0 Å². The van der Waals surface area contributed by atoms with Crippen molar-refractivity contribution in [2.24, 2.45) is 0 Å². The standard InChI is InChI=1S/C12H18O11/c13-1-4-6(17)8(19)11(3-15,22-4)12(5(16)2-14)9(20)7(18)10(21)23-12/h4-6,8,13-20H,1-3H2/t4-,5+,6-,8+,11-,12-/m1/s1. The fraction of sp³-hybridized carbons (Fsp3) is 0.750. The highest BCUT2D eigenvalue weighted by Gasteiger charge is 2.74. The van der Waals surface area contributed by atoms with Crippen LogP contribution >= 0.6 is 0 Å². The zero-order valence-corrected chi connectivity index (χ0v) is 11.7. The first kappa shape index (κ1) is 17.9. The van der Waals surface area contributed by atoms with Crippen molar-refractivity contribution in [2.45, 2.75) is 35.6 Å². The first-order chi connectivity index (χ1) is 10.7. The first-order valence-electron chi connectivity index (χ1n) is 6.64. The fourth-order valence-electron chi connectivity index (χ4n) is 3.03. The molecule has 2 rings (SSSR count). The molecule has 0 radical (unpaired) electrons. The van der Waals surface area contributed by atoms with E-state index in [0.29, 0.717) is 0 Å². The lowest BCUT2D eigenvalue weighted by atomic mass is 9.74. The minimum Gasteiger partial charge on any atom is -0.505 e. The van der Waals surface area contributed by atoms with Gasteiger partial charge in [0.2, 0.25) is 11.4 Å². The van der Waals surface area contributed by atoms with E-state index in [0.717, 1.165) is 0 Å². The van der Waals surface area contributed by atoms with E-state index < -0.39 is 72.9 Å². The molecule has 2 aliphatic heterocycles. The predicted octanol–water partition coefficient (Wildman–Crippen LogP) is -4.19. The molecular weight excluding hydrogens is 320 g/mol. The molecule has 11 heteroatoms.